The Bertz CT molecular complexity index is 396. The molecule has 3 N–H and O–H groups in total. The van der Waals surface area contributed by atoms with Crippen molar-refractivity contribution in [3.05, 3.63) is 5.69 Å². The van der Waals surface area contributed by atoms with E-state index in [9.17, 15) is 0 Å². The van der Waals surface area contributed by atoms with Crippen molar-refractivity contribution in [2.75, 3.05) is 24.2 Å². The Morgan fingerprint density at radius 3 is 2.50 bits per heavy atom. The molecule has 0 unspecified atom stereocenters. The molecule has 0 aromatic carbocycles. The van der Waals surface area contributed by atoms with Crippen molar-refractivity contribution in [3.63, 3.8) is 0 Å². The molecule has 0 bridgehead atoms. The van der Waals surface area contributed by atoms with Gasteiger partial charge in [-0.1, -0.05) is 13.8 Å². The number of aromatic nitrogens is 2. The summed E-state index contributed by atoms with van der Waals surface area (Å²) in [5.74, 6) is 1.19. The molecule has 5 nitrogen and oxygen atoms in total. The van der Waals surface area contributed by atoms with Crippen LogP contribution in [0, 0.1) is 0 Å². The Morgan fingerprint density at radius 1 is 1.44 bits per heavy atom. The highest BCUT2D eigenvalue weighted by Gasteiger charge is 2.21. The number of nitrogens with two attached hydrogens (primary N) is 1. The fraction of sp³-hybridized carbons (Fsp3) is 0.769. The predicted octanol–water partition coefficient (Wildman–Crippen LogP) is 2.35. The van der Waals surface area contributed by atoms with Gasteiger partial charge in [-0.3, -0.25) is 4.68 Å². The van der Waals surface area contributed by atoms with Crippen LogP contribution in [0.2, 0.25) is 0 Å². The minimum absolute atomic E-state index is 0.219. The third-order valence-corrected chi connectivity index (χ3v) is 2.88. The highest BCUT2D eigenvalue weighted by molar-refractivity contribution is 5.65. The molecule has 0 spiro atoms. The van der Waals surface area contributed by atoms with Gasteiger partial charge in [0.15, 0.2) is 0 Å². The van der Waals surface area contributed by atoms with E-state index in [1.54, 1.807) is 4.68 Å². The third-order valence-electron chi connectivity index (χ3n) is 2.88. The zero-order valence-electron chi connectivity index (χ0n) is 12.4. The number of anilines is 2. The molecular weight excluding hydrogens is 228 g/mol. The molecule has 0 atom stereocenters. The third kappa shape index (κ3) is 3.38. The van der Waals surface area contributed by atoms with E-state index in [0.717, 1.165) is 17.2 Å². The van der Waals surface area contributed by atoms with Gasteiger partial charge in [-0.15, -0.1) is 0 Å². The van der Waals surface area contributed by atoms with Crippen molar-refractivity contribution in [3.8, 4) is 0 Å². The van der Waals surface area contributed by atoms with Gasteiger partial charge in [0.25, 0.3) is 0 Å². The van der Waals surface area contributed by atoms with Crippen LogP contribution in [0.15, 0.2) is 0 Å². The molecule has 0 saturated carbocycles. The zero-order chi connectivity index (χ0) is 13.9. The van der Waals surface area contributed by atoms with Gasteiger partial charge in [0.2, 0.25) is 0 Å². The van der Waals surface area contributed by atoms with Crippen LogP contribution in [0.25, 0.3) is 0 Å². The van der Waals surface area contributed by atoms with Gasteiger partial charge < -0.3 is 15.8 Å². The summed E-state index contributed by atoms with van der Waals surface area (Å²) in [5, 5.41) is 7.78. The number of nitrogens with zero attached hydrogens (tertiary/aromatic N) is 2. The van der Waals surface area contributed by atoms with E-state index < -0.39 is 0 Å². The van der Waals surface area contributed by atoms with Crippen molar-refractivity contribution < 1.29 is 4.74 Å². The monoisotopic (exact) mass is 254 g/mol. The van der Waals surface area contributed by atoms with Gasteiger partial charge in [0.1, 0.15) is 5.82 Å². The van der Waals surface area contributed by atoms with Crippen molar-refractivity contribution in [1.29, 1.82) is 0 Å². The molecule has 0 aliphatic rings. The molecule has 5 heteroatoms. The average molecular weight is 254 g/mol. The van der Waals surface area contributed by atoms with E-state index in [-0.39, 0.29) is 5.60 Å². The summed E-state index contributed by atoms with van der Waals surface area (Å²) < 4.78 is 7.45. The van der Waals surface area contributed by atoms with Crippen LogP contribution < -0.4 is 11.1 Å². The van der Waals surface area contributed by atoms with E-state index in [2.05, 4.69) is 38.1 Å². The lowest BCUT2D eigenvalue weighted by Gasteiger charge is -2.25. The smallest absolute Gasteiger partial charge is 0.147 e. The maximum atomic E-state index is 6.12. The van der Waals surface area contributed by atoms with E-state index in [1.165, 1.54) is 0 Å². The van der Waals surface area contributed by atoms with Crippen molar-refractivity contribution in [1.82, 2.24) is 9.78 Å². The Kier molecular flexibility index (Phi) is 4.62. The normalized spacial score (nSPS) is 12.2. The summed E-state index contributed by atoms with van der Waals surface area (Å²) in [4.78, 5) is 0. The summed E-state index contributed by atoms with van der Waals surface area (Å²) in [6.45, 7) is 11.7. The van der Waals surface area contributed by atoms with Crippen LogP contribution in [0.3, 0.4) is 0 Å². The first-order valence-corrected chi connectivity index (χ1v) is 6.48. The van der Waals surface area contributed by atoms with Gasteiger partial charge in [-0.05, 0) is 26.7 Å². The van der Waals surface area contributed by atoms with Crippen molar-refractivity contribution >= 4 is 11.5 Å². The molecule has 1 aromatic heterocycles. The molecular formula is C13H26N4O. The topological polar surface area (TPSA) is 65.1 Å². The van der Waals surface area contributed by atoms with Gasteiger partial charge in [0.05, 0.1) is 17.0 Å². The molecule has 0 aliphatic heterocycles. The molecule has 0 saturated heterocycles. The summed E-state index contributed by atoms with van der Waals surface area (Å²) in [5.41, 5.74) is 7.58. The van der Waals surface area contributed by atoms with Crippen molar-refractivity contribution in [2.45, 2.75) is 46.1 Å². The van der Waals surface area contributed by atoms with E-state index in [1.807, 2.05) is 14.0 Å². The van der Waals surface area contributed by atoms with E-state index in [0.29, 0.717) is 19.1 Å². The SMILES string of the molecule is CCOC(C)(C)CNc1c(N)c(C(C)C)nn1C. The number of hydrogen-bond acceptors (Lipinski definition) is 4. The lowest BCUT2D eigenvalue weighted by Crippen LogP contribution is -2.34. The van der Waals surface area contributed by atoms with Crippen LogP contribution in [0.4, 0.5) is 11.5 Å². The quantitative estimate of drug-likeness (QED) is 0.818. The first-order valence-electron chi connectivity index (χ1n) is 6.48. The second kappa shape index (κ2) is 5.61. The standard InChI is InChI=1S/C13H26N4O/c1-7-18-13(4,5)8-15-12-10(14)11(9(2)3)16-17(12)6/h9,15H,7-8,14H2,1-6H3. The largest absolute Gasteiger partial charge is 0.394 e. The number of rotatable bonds is 6. The highest BCUT2D eigenvalue weighted by Crippen LogP contribution is 2.28. The first-order chi connectivity index (χ1) is 8.28. The Morgan fingerprint density at radius 2 is 2.06 bits per heavy atom. The number of ether oxygens (including phenoxy) is 1. The summed E-state index contributed by atoms with van der Waals surface area (Å²) in [6, 6.07) is 0. The number of hydrogen-bond donors (Lipinski definition) is 2. The maximum Gasteiger partial charge on any atom is 0.147 e. The van der Waals surface area contributed by atoms with Crippen LogP contribution in [0.1, 0.15) is 46.2 Å². The Hall–Kier alpha value is -1.23. The second-order valence-electron chi connectivity index (χ2n) is 5.47. The summed E-state index contributed by atoms with van der Waals surface area (Å²) in [6.07, 6.45) is 0. The highest BCUT2D eigenvalue weighted by atomic mass is 16.5. The molecule has 0 amide bonds. The maximum absolute atomic E-state index is 6.12. The van der Waals surface area contributed by atoms with Gasteiger partial charge in [-0.25, -0.2) is 0 Å². The molecule has 104 valence electrons. The molecule has 0 radical (unpaired) electrons. The van der Waals surface area contributed by atoms with Gasteiger partial charge >= 0.3 is 0 Å². The number of nitrogens with one attached hydrogen (secondary N) is 1. The van der Waals surface area contributed by atoms with E-state index >= 15 is 0 Å². The summed E-state index contributed by atoms with van der Waals surface area (Å²) in [7, 11) is 1.90. The van der Waals surface area contributed by atoms with Gasteiger partial charge in [0, 0.05) is 20.2 Å². The molecule has 0 fully saturated rings. The van der Waals surface area contributed by atoms with Crippen molar-refractivity contribution in [2.24, 2.45) is 7.05 Å². The summed E-state index contributed by atoms with van der Waals surface area (Å²) >= 11 is 0. The van der Waals surface area contributed by atoms with Crippen LogP contribution in [-0.4, -0.2) is 28.5 Å². The van der Waals surface area contributed by atoms with Crippen LogP contribution in [0.5, 0.6) is 0 Å². The van der Waals surface area contributed by atoms with Gasteiger partial charge in [-0.2, -0.15) is 5.10 Å². The molecule has 1 rings (SSSR count). The average Bonchev–Trinajstić information content (AvgIpc) is 2.52. The molecule has 18 heavy (non-hydrogen) atoms. The van der Waals surface area contributed by atoms with E-state index in [4.69, 9.17) is 10.5 Å². The molecule has 1 heterocycles. The first kappa shape index (κ1) is 14.8. The molecule has 1 aromatic rings. The fourth-order valence-electron chi connectivity index (χ4n) is 1.94. The predicted molar refractivity (Wildman–Crippen MR) is 75.9 cm³/mol. The number of nitrogen functional groups attached to an aromatic ring is 1. The second-order valence-corrected chi connectivity index (χ2v) is 5.47. The number of aryl methyl sites for hydroxylation is 1. The zero-order valence-corrected chi connectivity index (χ0v) is 12.4. The molecule has 0 aliphatic carbocycles. The fourth-order valence-corrected chi connectivity index (χ4v) is 1.94. The minimum atomic E-state index is -0.219. The Labute approximate surface area is 110 Å². The Balaban J connectivity index is 2.80. The minimum Gasteiger partial charge on any atom is -0.394 e. The van der Waals surface area contributed by atoms with Crippen LogP contribution in [-0.2, 0) is 11.8 Å². The lowest BCUT2D eigenvalue weighted by atomic mass is 10.1. The van der Waals surface area contributed by atoms with Crippen LogP contribution >= 0.6 is 0 Å². The lowest BCUT2D eigenvalue weighted by molar-refractivity contribution is 0.000614.